The van der Waals surface area contributed by atoms with Crippen LogP contribution in [0.4, 0.5) is 0 Å². The lowest BCUT2D eigenvalue weighted by Crippen LogP contribution is -2.15. The van der Waals surface area contributed by atoms with Gasteiger partial charge in [0.25, 0.3) is 0 Å². The molecule has 2 aromatic rings. The Hall–Kier alpha value is -1.64. The summed E-state index contributed by atoms with van der Waals surface area (Å²) in [7, 11) is 0. The summed E-state index contributed by atoms with van der Waals surface area (Å²) in [6, 6.07) is 17.5. The summed E-state index contributed by atoms with van der Waals surface area (Å²) < 4.78 is 0. The van der Waals surface area contributed by atoms with E-state index in [0.717, 1.165) is 11.1 Å². The molecule has 0 aliphatic heterocycles. The standard InChI is InChI=1S/C20H24O2/c21-19(16-11-5-2-6-12-16)20(22)18-14-8-7-13-17(18)15-9-3-1-4-10-15/h2,5-8,11-15,19-22H,1,3-4,9-10H2. The van der Waals surface area contributed by atoms with Gasteiger partial charge in [0.1, 0.15) is 12.2 Å². The predicted molar refractivity (Wildman–Crippen MR) is 88.6 cm³/mol. The number of rotatable bonds is 4. The largest absolute Gasteiger partial charge is 0.385 e. The van der Waals surface area contributed by atoms with Crippen LogP contribution in [-0.4, -0.2) is 10.2 Å². The van der Waals surface area contributed by atoms with Gasteiger partial charge in [-0.05, 0) is 35.4 Å². The van der Waals surface area contributed by atoms with E-state index in [0.29, 0.717) is 5.92 Å². The predicted octanol–water partition coefficient (Wildman–Crippen LogP) is 4.50. The van der Waals surface area contributed by atoms with Gasteiger partial charge < -0.3 is 10.2 Å². The molecule has 1 aliphatic rings. The van der Waals surface area contributed by atoms with E-state index in [2.05, 4.69) is 6.07 Å². The first-order chi connectivity index (χ1) is 10.8. The molecule has 2 heteroatoms. The SMILES string of the molecule is OC(c1ccccc1)C(O)c1ccccc1C1CCCCC1. The lowest BCUT2D eigenvalue weighted by atomic mass is 9.80. The summed E-state index contributed by atoms with van der Waals surface area (Å²) in [5.74, 6) is 0.516. The van der Waals surface area contributed by atoms with Crippen LogP contribution in [0, 0.1) is 0 Å². The minimum atomic E-state index is -0.883. The molecule has 2 nitrogen and oxygen atoms in total. The molecule has 0 spiro atoms. The van der Waals surface area contributed by atoms with Crippen LogP contribution < -0.4 is 0 Å². The Bertz CT molecular complexity index is 588. The van der Waals surface area contributed by atoms with Crippen LogP contribution in [0.1, 0.15) is 66.9 Å². The van der Waals surface area contributed by atoms with E-state index in [1.54, 1.807) is 0 Å². The van der Waals surface area contributed by atoms with Crippen molar-refractivity contribution < 1.29 is 10.2 Å². The Labute approximate surface area is 132 Å². The van der Waals surface area contributed by atoms with E-state index in [1.807, 2.05) is 48.5 Å². The van der Waals surface area contributed by atoms with Gasteiger partial charge in [0.2, 0.25) is 0 Å². The highest BCUT2D eigenvalue weighted by molar-refractivity contribution is 5.34. The molecule has 2 atom stereocenters. The second kappa shape index (κ2) is 7.08. The average molecular weight is 296 g/mol. The Kier molecular flexibility index (Phi) is 4.91. The Morgan fingerprint density at radius 1 is 0.727 bits per heavy atom. The topological polar surface area (TPSA) is 40.5 Å². The second-order valence-corrected chi connectivity index (χ2v) is 6.26. The van der Waals surface area contributed by atoms with Crippen LogP contribution in [0.3, 0.4) is 0 Å². The number of aliphatic hydroxyl groups excluding tert-OH is 2. The van der Waals surface area contributed by atoms with Crippen LogP contribution in [0.2, 0.25) is 0 Å². The maximum absolute atomic E-state index is 10.7. The molecule has 116 valence electrons. The van der Waals surface area contributed by atoms with Crippen molar-refractivity contribution in [2.45, 2.75) is 50.2 Å². The lowest BCUT2D eigenvalue weighted by Gasteiger charge is -2.27. The van der Waals surface area contributed by atoms with Gasteiger partial charge in [0.15, 0.2) is 0 Å². The first-order valence-corrected chi connectivity index (χ1v) is 8.27. The molecule has 22 heavy (non-hydrogen) atoms. The molecule has 0 bridgehead atoms. The molecule has 2 aromatic carbocycles. The Morgan fingerprint density at radius 2 is 1.36 bits per heavy atom. The van der Waals surface area contributed by atoms with Crippen LogP contribution in [-0.2, 0) is 0 Å². The van der Waals surface area contributed by atoms with Gasteiger partial charge in [-0.25, -0.2) is 0 Å². The number of hydrogen-bond donors (Lipinski definition) is 2. The van der Waals surface area contributed by atoms with Crippen molar-refractivity contribution in [3.8, 4) is 0 Å². The molecular weight excluding hydrogens is 272 g/mol. The number of benzene rings is 2. The Morgan fingerprint density at radius 3 is 2.09 bits per heavy atom. The first-order valence-electron chi connectivity index (χ1n) is 8.27. The maximum Gasteiger partial charge on any atom is 0.109 e. The van der Waals surface area contributed by atoms with Crippen molar-refractivity contribution in [3.05, 3.63) is 71.3 Å². The zero-order valence-electron chi connectivity index (χ0n) is 12.9. The van der Waals surface area contributed by atoms with E-state index in [-0.39, 0.29) is 0 Å². The highest BCUT2D eigenvalue weighted by Gasteiger charge is 2.26. The molecule has 1 aliphatic carbocycles. The zero-order valence-corrected chi connectivity index (χ0v) is 12.9. The molecule has 2 unspecified atom stereocenters. The molecule has 0 saturated heterocycles. The third-order valence-corrected chi connectivity index (χ3v) is 4.80. The highest BCUT2D eigenvalue weighted by Crippen LogP contribution is 2.39. The van der Waals surface area contributed by atoms with Gasteiger partial charge in [-0.2, -0.15) is 0 Å². The van der Waals surface area contributed by atoms with Crippen molar-refractivity contribution in [1.82, 2.24) is 0 Å². The minimum absolute atomic E-state index is 0.516. The van der Waals surface area contributed by atoms with Crippen molar-refractivity contribution >= 4 is 0 Å². The Balaban J connectivity index is 1.87. The van der Waals surface area contributed by atoms with Gasteiger partial charge in [0, 0.05) is 0 Å². The van der Waals surface area contributed by atoms with Crippen molar-refractivity contribution in [1.29, 1.82) is 0 Å². The lowest BCUT2D eigenvalue weighted by molar-refractivity contribution is 0.0164. The first kappa shape index (κ1) is 15.3. The summed E-state index contributed by atoms with van der Waals surface area (Å²) >= 11 is 0. The summed E-state index contributed by atoms with van der Waals surface area (Å²) in [6.07, 6.45) is 4.45. The smallest absolute Gasteiger partial charge is 0.109 e. The summed E-state index contributed by atoms with van der Waals surface area (Å²) in [5.41, 5.74) is 2.85. The van der Waals surface area contributed by atoms with Crippen LogP contribution in [0.15, 0.2) is 54.6 Å². The molecular formula is C20H24O2. The van der Waals surface area contributed by atoms with E-state index in [9.17, 15) is 10.2 Å². The maximum atomic E-state index is 10.7. The van der Waals surface area contributed by atoms with E-state index < -0.39 is 12.2 Å². The van der Waals surface area contributed by atoms with Gasteiger partial charge in [-0.3, -0.25) is 0 Å². The van der Waals surface area contributed by atoms with Gasteiger partial charge in [0.05, 0.1) is 0 Å². The van der Waals surface area contributed by atoms with Gasteiger partial charge >= 0.3 is 0 Å². The van der Waals surface area contributed by atoms with Gasteiger partial charge in [-0.1, -0.05) is 73.9 Å². The fourth-order valence-electron chi connectivity index (χ4n) is 3.57. The average Bonchev–Trinajstić information content (AvgIpc) is 2.62. The summed E-state index contributed by atoms with van der Waals surface area (Å²) in [4.78, 5) is 0. The molecule has 1 fully saturated rings. The van der Waals surface area contributed by atoms with E-state index >= 15 is 0 Å². The number of aliphatic hydroxyl groups is 2. The van der Waals surface area contributed by atoms with Crippen LogP contribution >= 0.6 is 0 Å². The van der Waals surface area contributed by atoms with Crippen molar-refractivity contribution in [2.24, 2.45) is 0 Å². The summed E-state index contributed by atoms with van der Waals surface area (Å²) in [5, 5.41) is 21.2. The van der Waals surface area contributed by atoms with E-state index in [1.165, 1.54) is 37.7 Å². The normalized spacial score (nSPS) is 18.8. The van der Waals surface area contributed by atoms with E-state index in [4.69, 9.17) is 0 Å². The summed E-state index contributed by atoms with van der Waals surface area (Å²) in [6.45, 7) is 0. The molecule has 0 radical (unpaired) electrons. The van der Waals surface area contributed by atoms with Gasteiger partial charge in [-0.15, -0.1) is 0 Å². The fourth-order valence-corrected chi connectivity index (χ4v) is 3.57. The second-order valence-electron chi connectivity index (χ2n) is 6.26. The van der Waals surface area contributed by atoms with Crippen LogP contribution in [0.25, 0.3) is 0 Å². The fraction of sp³-hybridized carbons (Fsp3) is 0.400. The number of hydrogen-bond acceptors (Lipinski definition) is 2. The molecule has 0 amide bonds. The molecule has 2 N–H and O–H groups in total. The van der Waals surface area contributed by atoms with Crippen molar-refractivity contribution in [3.63, 3.8) is 0 Å². The minimum Gasteiger partial charge on any atom is -0.385 e. The third kappa shape index (κ3) is 3.23. The molecule has 0 aromatic heterocycles. The third-order valence-electron chi connectivity index (χ3n) is 4.80. The zero-order chi connectivity index (χ0) is 15.4. The molecule has 1 saturated carbocycles. The van der Waals surface area contributed by atoms with Crippen molar-refractivity contribution in [2.75, 3.05) is 0 Å². The monoisotopic (exact) mass is 296 g/mol. The molecule has 0 heterocycles. The quantitative estimate of drug-likeness (QED) is 0.872. The molecule has 3 rings (SSSR count). The highest BCUT2D eigenvalue weighted by atomic mass is 16.3. The van der Waals surface area contributed by atoms with Crippen LogP contribution in [0.5, 0.6) is 0 Å².